The van der Waals surface area contributed by atoms with Crippen LogP contribution in [0.4, 0.5) is 5.69 Å². The maximum atomic E-state index is 14.6. The minimum absolute atomic E-state index is 0.114. The molecule has 0 radical (unpaired) electrons. The van der Waals surface area contributed by atoms with Crippen molar-refractivity contribution in [1.29, 1.82) is 0 Å². The summed E-state index contributed by atoms with van der Waals surface area (Å²) in [7, 11) is 0. The Labute approximate surface area is 296 Å². The van der Waals surface area contributed by atoms with Gasteiger partial charge in [-0.15, -0.1) is 0 Å². The molecule has 0 saturated carbocycles. The number of carbonyl (C=O) groups excluding carboxylic acids is 4. The number of imide groups is 1. The lowest BCUT2D eigenvalue weighted by molar-refractivity contribution is 0.0390. The average Bonchev–Trinajstić information content (AvgIpc) is 3.14. The SMILES string of the molecule is CC(C)c1cccc(C(C)C)c1N1C(=O)c2ccc3c4ccc5c6ccc7c8c(ccc(c9ccc(c%10ccc(c2c3%10)C1=O)c4c59)c86)C(=O)OC7=O. The maximum Gasteiger partial charge on any atom is 0.346 e. The quantitative estimate of drug-likeness (QED) is 0.0612. The van der Waals surface area contributed by atoms with Crippen LogP contribution in [0.2, 0.25) is 0 Å². The number of amides is 2. The van der Waals surface area contributed by atoms with Crippen molar-refractivity contribution < 1.29 is 23.9 Å². The Balaban J connectivity index is 1.22. The van der Waals surface area contributed by atoms with Crippen LogP contribution in [0.15, 0.2) is 91.0 Å². The van der Waals surface area contributed by atoms with Crippen LogP contribution in [-0.4, -0.2) is 23.8 Å². The number of nitrogens with zero attached hydrogens (tertiary/aromatic N) is 1. The smallest absolute Gasteiger partial charge is 0.346 e. The zero-order valence-corrected chi connectivity index (χ0v) is 28.8. The van der Waals surface area contributed by atoms with Gasteiger partial charge in [-0.3, -0.25) is 9.59 Å². The van der Waals surface area contributed by atoms with Gasteiger partial charge in [-0.2, -0.15) is 0 Å². The van der Waals surface area contributed by atoms with Gasteiger partial charge in [0.2, 0.25) is 0 Å². The molecule has 9 aromatic carbocycles. The fraction of sp³-hybridized carbons (Fsp3) is 0.130. The number of rotatable bonds is 3. The normalized spacial score (nSPS) is 14.8. The van der Waals surface area contributed by atoms with Crippen LogP contribution >= 0.6 is 0 Å². The van der Waals surface area contributed by atoms with Crippen molar-refractivity contribution in [3.63, 3.8) is 0 Å². The molecule has 0 unspecified atom stereocenters. The molecule has 2 aliphatic rings. The molecular formula is C46H29NO5. The molecule has 0 aromatic heterocycles. The van der Waals surface area contributed by atoms with Crippen molar-refractivity contribution in [3.05, 3.63) is 124 Å². The van der Waals surface area contributed by atoms with E-state index in [1.807, 2.05) is 54.6 Å². The van der Waals surface area contributed by atoms with Crippen molar-refractivity contribution in [1.82, 2.24) is 0 Å². The summed E-state index contributed by atoms with van der Waals surface area (Å²) < 4.78 is 5.05. The first-order valence-corrected chi connectivity index (χ1v) is 17.7. The lowest BCUT2D eigenvalue weighted by Crippen LogP contribution is -2.41. The zero-order chi connectivity index (χ0) is 35.5. The van der Waals surface area contributed by atoms with E-state index in [2.05, 4.69) is 52.0 Å². The first-order valence-electron chi connectivity index (χ1n) is 17.7. The minimum atomic E-state index is -0.626. The molecule has 0 fully saturated rings. The van der Waals surface area contributed by atoms with Crippen molar-refractivity contribution in [3.8, 4) is 0 Å². The molecule has 6 heteroatoms. The second-order valence-corrected chi connectivity index (χ2v) is 14.9. The number of esters is 2. The number of hydrogen-bond acceptors (Lipinski definition) is 5. The molecule has 0 aliphatic carbocycles. The molecule has 2 amide bonds. The van der Waals surface area contributed by atoms with Gasteiger partial charge in [-0.25, -0.2) is 14.5 Å². The molecule has 11 rings (SSSR count). The first kappa shape index (κ1) is 29.3. The monoisotopic (exact) mass is 675 g/mol. The molecule has 0 N–H and O–H groups in total. The summed E-state index contributed by atoms with van der Waals surface area (Å²) in [4.78, 5) is 56.3. The summed E-state index contributed by atoms with van der Waals surface area (Å²) in [5.74, 6) is -1.62. The number of hydrogen-bond donors (Lipinski definition) is 0. The number of cyclic esters (lactones) is 2. The summed E-state index contributed by atoms with van der Waals surface area (Å²) in [5.41, 5.74) is 4.50. The molecule has 6 nitrogen and oxygen atoms in total. The van der Waals surface area contributed by atoms with E-state index in [-0.39, 0.29) is 23.7 Å². The molecule has 2 heterocycles. The average molecular weight is 676 g/mol. The van der Waals surface area contributed by atoms with Gasteiger partial charge in [0.1, 0.15) is 0 Å². The van der Waals surface area contributed by atoms with Gasteiger partial charge in [0.05, 0.1) is 16.8 Å². The molecule has 2 aliphatic heterocycles. The third-order valence-corrected chi connectivity index (χ3v) is 11.7. The molecule has 0 atom stereocenters. The van der Waals surface area contributed by atoms with E-state index in [9.17, 15) is 19.2 Å². The van der Waals surface area contributed by atoms with E-state index >= 15 is 0 Å². The van der Waals surface area contributed by atoms with Gasteiger partial charge < -0.3 is 4.74 Å². The summed E-state index contributed by atoms with van der Waals surface area (Å²) in [6, 6.07) is 29.9. The standard InChI is InChI=1S/C46H29NO5/c1-20(2)22-6-5-7-23(21(3)4)42(22)47-43(48)32-16-12-28-24-8-10-26-30-14-18-34-41-35(46(51)52-45(34)50)19-15-31(39(30)41)27-11-9-25(36(24)37(26)27)29-13-17-33(44(47)49)40(32)38(28)29/h5-21H,1-4H3. The first-order chi connectivity index (χ1) is 25.2. The molecule has 0 bridgehead atoms. The fourth-order valence-corrected chi connectivity index (χ4v) is 9.48. The Hall–Kier alpha value is -6.40. The molecule has 52 heavy (non-hydrogen) atoms. The van der Waals surface area contributed by atoms with E-state index in [0.717, 1.165) is 75.8 Å². The number of ether oxygens (including phenoxy) is 1. The Morgan fingerprint density at radius 1 is 0.404 bits per heavy atom. The second-order valence-electron chi connectivity index (χ2n) is 14.9. The van der Waals surface area contributed by atoms with Crippen LogP contribution in [0.1, 0.15) is 92.1 Å². The van der Waals surface area contributed by atoms with Crippen LogP contribution in [0.25, 0.3) is 75.4 Å². The van der Waals surface area contributed by atoms with Gasteiger partial charge in [0.15, 0.2) is 0 Å². The molecule has 248 valence electrons. The van der Waals surface area contributed by atoms with Gasteiger partial charge in [-0.1, -0.05) is 94.4 Å². The Morgan fingerprint density at radius 2 is 0.712 bits per heavy atom. The van der Waals surface area contributed by atoms with Crippen molar-refractivity contribution >= 4 is 105 Å². The number of para-hydroxylation sites is 1. The predicted molar refractivity (Wildman–Crippen MR) is 207 cm³/mol. The second kappa shape index (κ2) is 9.68. The number of benzene rings is 9. The minimum Gasteiger partial charge on any atom is -0.386 e. The van der Waals surface area contributed by atoms with E-state index < -0.39 is 11.9 Å². The van der Waals surface area contributed by atoms with Gasteiger partial charge in [-0.05, 0) is 112 Å². The number of anilines is 1. The summed E-state index contributed by atoms with van der Waals surface area (Å²) in [6.45, 7) is 8.38. The van der Waals surface area contributed by atoms with E-state index in [0.29, 0.717) is 38.7 Å². The van der Waals surface area contributed by atoms with Gasteiger partial charge >= 0.3 is 11.9 Å². The summed E-state index contributed by atoms with van der Waals surface area (Å²) in [6.07, 6.45) is 0. The van der Waals surface area contributed by atoms with Crippen LogP contribution in [-0.2, 0) is 4.74 Å². The van der Waals surface area contributed by atoms with Gasteiger partial charge in [0, 0.05) is 21.9 Å². The van der Waals surface area contributed by atoms with E-state index in [4.69, 9.17) is 4.74 Å². The molecule has 0 saturated heterocycles. The van der Waals surface area contributed by atoms with Crippen LogP contribution in [0, 0.1) is 0 Å². The third kappa shape index (κ3) is 3.35. The fourth-order valence-electron chi connectivity index (χ4n) is 9.48. The third-order valence-electron chi connectivity index (χ3n) is 11.7. The zero-order valence-electron chi connectivity index (χ0n) is 28.8. The highest BCUT2D eigenvalue weighted by atomic mass is 16.6. The summed E-state index contributed by atoms with van der Waals surface area (Å²) in [5, 5.41) is 13.3. The van der Waals surface area contributed by atoms with Crippen molar-refractivity contribution in [2.24, 2.45) is 0 Å². The lowest BCUT2D eigenvalue weighted by atomic mass is 9.81. The highest BCUT2D eigenvalue weighted by molar-refractivity contribution is 6.46. The molecular weight excluding hydrogens is 647 g/mol. The highest BCUT2D eigenvalue weighted by Crippen LogP contribution is 2.50. The predicted octanol–water partition coefficient (Wildman–Crippen LogP) is 11.0. The lowest BCUT2D eigenvalue weighted by Gasteiger charge is -2.32. The largest absolute Gasteiger partial charge is 0.386 e. The highest BCUT2D eigenvalue weighted by Gasteiger charge is 2.38. The number of carbonyl (C=O) groups is 4. The van der Waals surface area contributed by atoms with E-state index in [1.165, 1.54) is 4.90 Å². The van der Waals surface area contributed by atoms with Crippen LogP contribution in [0.3, 0.4) is 0 Å². The topological polar surface area (TPSA) is 80.8 Å². The van der Waals surface area contributed by atoms with Crippen LogP contribution in [0.5, 0.6) is 0 Å². The molecule has 0 spiro atoms. The Morgan fingerprint density at radius 3 is 1.08 bits per heavy atom. The summed E-state index contributed by atoms with van der Waals surface area (Å²) >= 11 is 0. The Bertz CT molecular complexity index is 2990. The molecule has 9 aromatic rings. The van der Waals surface area contributed by atoms with E-state index in [1.54, 1.807) is 12.1 Å². The number of fused-ring (bicyclic) bond motifs is 4. The van der Waals surface area contributed by atoms with Crippen molar-refractivity contribution in [2.75, 3.05) is 4.90 Å². The Kier molecular flexibility index (Phi) is 5.46. The van der Waals surface area contributed by atoms with Crippen molar-refractivity contribution in [2.45, 2.75) is 39.5 Å². The van der Waals surface area contributed by atoms with Crippen LogP contribution < -0.4 is 4.90 Å². The van der Waals surface area contributed by atoms with Gasteiger partial charge in [0.25, 0.3) is 11.8 Å². The maximum absolute atomic E-state index is 14.6.